The molecule has 0 radical (unpaired) electrons. The molecule has 4 fully saturated rings. The van der Waals surface area contributed by atoms with Gasteiger partial charge in [-0.25, -0.2) is 0 Å². The summed E-state index contributed by atoms with van der Waals surface area (Å²) in [4.78, 5) is 12.5. The predicted octanol–water partition coefficient (Wildman–Crippen LogP) is 4.99. The first-order valence-electron chi connectivity index (χ1n) is 10.6. The van der Waals surface area contributed by atoms with E-state index in [0.29, 0.717) is 17.1 Å². The highest BCUT2D eigenvalue weighted by Gasteiger charge is 2.60. The van der Waals surface area contributed by atoms with Crippen molar-refractivity contribution in [2.45, 2.75) is 91.1 Å². The minimum Gasteiger partial charge on any atom is -0.393 e. The summed E-state index contributed by atoms with van der Waals surface area (Å²) in [5.74, 6) is 4.07. The molecule has 0 saturated heterocycles. The fourth-order valence-electron chi connectivity index (χ4n) is 8.01. The first-order chi connectivity index (χ1) is 11.4. The zero-order valence-electron chi connectivity index (χ0n) is 15.9. The number of Topliss-reactive ketones (excluding diaryl/α,β-unsaturated/α-hetero) is 1. The molecule has 24 heavy (non-hydrogen) atoms. The van der Waals surface area contributed by atoms with Crippen molar-refractivity contribution in [1.82, 2.24) is 0 Å². The zero-order chi connectivity index (χ0) is 17.1. The molecule has 0 amide bonds. The largest absolute Gasteiger partial charge is 0.393 e. The van der Waals surface area contributed by atoms with Gasteiger partial charge in [-0.3, -0.25) is 4.79 Å². The molecule has 0 aliphatic heterocycles. The van der Waals surface area contributed by atoms with Crippen LogP contribution in [-0.4, -0.2) is 17.0 Å². The van der Waals surface area contributed by atoms with E-state index in [4.69, 9.17) is 0 Å². The van der Waals surface area contributed by atoms with Gasteiger partial charge in [-0.15, -0.1) is 0 Å². The molecule has 4 aliphatic rings. The minimum absolute atomic E-state index is 0.0495. The molecule has 8 atom stereocenters. The Hall–Kier alpha value is -0.370. The standard InChI is InChI=1S/C22H36O2/c1-4-20(24)19-8-7-17-16-6-5-14-13-15(23)9-11-21(14,2)18(16)10-12-22(17,19)3/h14-19,23H,4-13H2,1-3H3/t14-,15-,16+,17+,18+,19-,21+,22+/m1/s1. The maximum absolute atomic E-state index is 12.5. The SMILES string of the molecule is CCC(=O)[C@H]1CC[C@H]2[C@@H]3CC[C@@H]4C[C@H](O)CC[C@]4(C)[C@H]3CC[C@]12C. The minimum atomic E-state index is -0.0495. The molecule has 1 N–H and O–H groups in total. The zero-order valence-corrected chi connectivity index (χ0v) is 15.9. The Balaban J connectivity index is 1.60. The number of hydrogen-bond donors (Lipinski definition) is 1. The van der Waals surface area contributed by atoms with Gasteiger partial charge in [-0.2, -0.15) is 0 Å². The lowest BCUT2D eigenvalue weighted by Crippen LogP contribution is -2.54. The fraction of sp³-hybridized carbons (Fsp3) is 0.955. The van der Waals surface area contributed by atoms with Gasteiger partial charge < -0.3 is 5.11 Å². The highest BCUT2D eigenvalue weighted by Crippen LogP contribution is 2.67. The van der Waals surface area contributed by atoms with Crippen LogP contribution in [0.15, 0.2) is 0 Å². The van der Waals surface area contributed by atoms with Crippen LogP contribution in [0.1, 0.15) is 85.0 Å². The molecule has 0 bridgehead atoms. The lowest BCUT2D eigenvalue weighted by atomic mass is 9.44. The molecule has 0 aromatic heterocycles. The van der Waals surface area contributed by atoms with Gasteiger partial charge in [-0.1, -0.05) is 20.8 Å². The molecular formula is C22H36O2. The Morgan fingerprint density at radius 2 is 1.67 bits per heavy atom. The van der Waals surface area contributed by atoms with E-state index >= 15 is 0 Å². The summed E-state index contributed by atoms with van der Waals surface area (Å²) < 4.78 is 0. The highest BCUT2D eigenvalue weighted by atomic mass is 16.3. The van der Waals surface area contributed by atoms with Crippen molar-refractivity contribution in [1.29, 1.82) is 0 Å². The summed E-state index contributed by atoms with van der Waals surface area (Å²) in [6.45, 7) is 7.05. The van der Waals surface area contributed by atoms with Gasteiger partial charge in [-0.05, 0) is 92.3 Å². The van der Waals surface area contributed by atoms with Gasteiger partial charge in [0.2, 0.25) is 0 Å². The second-order valence-electron chi connectivity index (χ2n) is 10.1. The van der Waals surface area contributed by atoms with E-state index in [1.165, 1.54) is 38.5 Å². The van der Waals surface area contributed by atoms with E-state index in [-0.39, 0.29) is 11.5 Å². The average molecular weight is 333 g/mol. The summed E-state index contributed by atoms with van der Waals surface area (Å²) in [6, 6.07) is 0. The lowest BCUT2D eigenvalue weighted by molar-refractivity contribution is -0.139. The normalized spacial score (nSPS) is 53.8. The number of hydrogen-bond acceptors (Lipinski definition) is 2. The van der Waals surface area contributed by atoms with E-state index in [1.807, 2.05) is 6.92 Å². The van der Waals surface area contributed by atoms with Gasteiger partial charge in [0, 0.05) is 12.3 Å². The topological polar surface area (TPSA) is 37.3 Å². The predicted molar refractivity (Wildman–Crippen MR) is 96.5 cm³/mol. The second kappa shape index (κ2) is 5.83. The Bertz CT molecular complexity index is 514. The molecule has 2 heteroatoms. The Labute approximate surface area is 147 Å². The van der Waals surface area contributed by atoms with Gasteiger partial charge in [0.25, 0.3) is 0 Å². The van der Waals surface area contributed by atoms with Gasteiger partial charge >= 0.3 is 0 Å². The van der Waals surface area contributed by atoms with Crippen LogP contribution in [0.3, 0.4) is 0 Å². The van der Waals surface area contributed by atoms with Crippen molar-refractivity contribution < 1.29 is 9.90 Å². The van der Waals surface area contributed by atoms with Crippen LogP contribution in [0.5, 0.6) is 0 Å². The Morgan fingerprint density at radius 1 is 0.958 bits per heavy atom. The van der Waals surface area contributed by atoms with Crippen LogP contribution < -0.4 is 0 Å². The lowest BCUT2D eigenvalue weighted by Gasteiger charge is -2.60. The van der Waals surface area contributed by atoms with Crippen LogP contribution in [-0.2, 0) is 4.79 Å². The molecule has 4 aliphatic carbocycles. The molecule has 4 saturated carbocycles. The van der Waals surface area contributed by atoms with Crippen molar-refractivity contribution >= 4 is 5.78 Å². The van der Waals surface area contributed by atoms with Crippen molar-refractivity contribution in [2.75, 3.05) is 0 Å². The first-order valence-corrected chi connectivity index (χ1v) is 10.6. The van der Waals surface area contributed by atoms with Crippen LogP contribution in [0.4, 0.5) is 0 Å². The highest BCUT2D eigenvalue weighted by molar-refractivity contribution is 5.81. The first kappa shape index (κ1) is 17.1. The maximum atomic E-state index is 12.5. The number of aliphatic hydroxyl groups is 1. The molecule has 2 nitrogen and oxygen atoms in total. The third-order valence-electron chi connectivity index (χ3n) is 9.38. The second-order valence-corrected chi connectivity index (χ2v) is 10.1. The van der Waals surface area contributed by atoms with Gasteiger partial charge in [0.1, 0.15) is 5.78 Å². The molecule has 0 aromatic rings. The summed E-state index contributed by atoms with van der Waals surface area (Å²) >= 11 is 0. The molecule has 0 aromatic carbocycles. The van der Waals surface area contributed by atoms with E-state index in [2.05, 4.69) is 13.8 Å². The van der Waals surface area contributed by atoms with Crippen LogP contribution in [0.2, 0.25) is 0 Å². The van der Waals surface area contributed by atoms with Crippen LogP contribution >= 0.6 is 0 Å². The number of carbonyl (C=O) groups is 1. The number of ketones is 1. The van der Waals surface area contributed by atoms with Crippen LogP contribution in [0, 0.1) is 40.4 Å². The summed E-state index contributed by atoms with van der Waals surface area (Å²) in [6.07, 6.45) is 11.6. The molecule has 0 heterocycles. The molecular weight excluding hydrogens is 296 g/mol. The number of rotatable bonds is 2. The monoisotopic (exact) mass is 332 g/mol. The molecule has 0 unspecified atom stereocenters. The Morgan fingerprint density at radius 3 is 2.42 bits per heavy atom. The molecule has 4 rings (SSSR count). The third-order valence-corrected chi connectivity index (χ3v) is 9.38. The summed E-state index contributed by atoms with van der Waals surface area (Å²) in [5.41, 5.74) is 0.738. The van der Waals surface area contributed by atoms with E-state index in [9.17, 15) is 9.90 Å². The van der Waals surface area contributed by atoms with Crippen molar-refractivity contribution in [3.8, 4) is 0 Å². The van der Waals surface area contributed by atoms with Crippen molar-refractivity contribution in [3.63, 3.8) is 0 Å². The van der Waals surface area contributed by atoms with E-state index < -0.39 is 0 Å². The molecule has 136 valence electrons. The third kappa shape index (κ3) is 2.27. The molecule has 0 spiro atoms. The number of fused-ring (bicyclic) bond motifs is 5. The number of aliphatic hydroxyl groups excluding tert-OH is 1. The summed E-state index contributed by atoms with van der Waals surface area (Å²) in [7, 11) is 0. The van der Waals surface area contributed by atoms with E-state index in [0.717, 1.165) is 49.4 Å². The number of carbonyl (C=O) groups excluding carboxylic acids is 1. The van der Waals surface area contributed by atoms with Crippen LogP contribution in [0.25, 0.3) is 0 Å². The van der Waals surface area contributed by atoms with Gasteiger partial charge in [0.05, 0.1) is 6.10 Å². The quantitative estimate of drug-likeness (QED) is 0.774. The summed E-state index contributed by atoms with van der Waals surface area (Å²) in [5, 5.41) is 10.1. The van der Waals surface area contributed by atoms with Gasteiger partial charge in [0.15, 0.2) is 0 Å². The average Bonchev–Trinajstić information content (AvgIpc) is 2.92. The van der Waals surface area contributed by atoms with E-state index in [1.54, 1.807) is 0 Å². The Kier molecular flexibility index (Phi) is 4.14. The van der Waals surface area contributed by atoms with Crippen molar-refractivity contribution in [3.05, 3.63) is 0 Å². The van der Waals surface area contributed by atoms with Crippen molar-refractivity contribution in [2.24, 2.45) is 40.4 Å². The maximum Gasteiger partial charge on any atom is 0.136 e. The fourth-order valence-corrected chi connectivity index (χ4v) is 8.01. The smallest absolute Gasteiger partial charge is 0.136 e.